The number of carboxylic acids is 1. The van der Waals surface area contributed by atoms with Gasteiger partial charge >= 0.3 is 11.9 Å². The van der Waals surface area contributed by atoms with Crippen molar-refractivity contribution < 1.29 is 38.8 Å². The van der Waals surface area contributed by atoms with Crippen LogP contribution in [-0.4, -0.2) is 73.2 Å². The molecule has 17 heteroatoms. The number of nitrogens with zero attached hydrogens (tertiary/aromatic N) is 4. The number of nitrogen functional groups attached to an aromatic ring is 1. The molecule has 1 saturated heterocycles. The molecule has 2 amide bonds. The maximum absolute atomic E-state index is 13.1. The Bertz CT molecular complexity index is 1450. The molecule has 2 aliphatic rings. The number of carbonyl (C=O) groups excluding carboxylic acids is 3. The molecule has 0 saturated carbocycles. The van der Waals surface area contributed by atoms with Crippen molar-refractivity contribution in [2.45, 2.75) is 18.0 Å². The third kappa shape index (κ3) is 5.94. The summed E-state index contributed by atoms with van der Waals surface area (Å²) in [6, 6.07) is 4.35. The number of nitro groups is 1. The number of carbonyl (C=O) groups is 4. The lowest BCUT2D eigenvalue weighted by Crippen LogP contribution is -2.71. The summed E-state index contributed by atoms with van der Waals surface area (Å²) in [5, 5.41) is 27.4. The topological polar surface area (TPSA) is 217 Å². The molecule has 208 valence electrons. The van der Waals surface area contributed by atoms with Crippen LogP contribution in [0.25, 0.3) is 0 Å². The highest BCUT2D eigenvalue weighted by Gasteiger charge is 2.54. The molecule has 1 aromatic heterocycles. The number of ether oxygens (including phenoxy) is 1. The first-order valence-electron chi connectivity index (χ1n) is 11.3. The lowest BCUT2D eigenvalue weighted by Gasteiger charge is -2.49. The second-order valence-corrected chi connectivity index (χ2v) is 10.1. The van der Waals surface area contributed by atoms with Gasteiger partial charge in [0.2, 0.25) is 6.61 Å². The van der Waals surface area contributed by atoms with Gasteiger partial charge in [-0.15, -0.1) is 23.1 Å². The fraction of sp³-hybridized carbons (Fsp3) is 0.217. The third-order valence-electron chi connectivity index (χ3n) is 5.60. The average molecular weight is 589 g/mol. The van der Waals surface area contributed by atoms with Gasteiger partial charge in [0.05, 0.1) is 4.92 Å². The van der Waals surface area contributed by atoms with E-state index in [0.29, 0.717) is 11.1 Å². The van der Waals surface area contributed by atoms with E-state index < -0.39 is 46.7 Å². The van der Waals surface area contributed by atoms with Crippen LogP contribution in [0, 0.1) is 10.1 Å². The van der Waals surface area contributed by atoms with E-state index >= 15 is 0 Å². The highest BCUT2D eigenvalue weighted by molar-refractivity contribution is 8.00. The molecule has 0 aliphatic carbocycles. The number of thiazole rings is 1. The summed E-state index contributed by atoms with van der Waals surface area (Å²) in [6.07, 6.45) is 1.37. The second-order valence-electron chi connectivity index (χ2n) is 8.11. The first-order valence-corrected chi connectivity index (χ1v) is 13.2. The summed E-state index contributed by atoms with van der Waals surface area (Å²) in [5.41, 5.74) is 5.91. The Morgan fingerprint density at radius 2 is 2.08 bits per heavy atom. The van der Waals surface area contributed by atoms with Crippen LogP contribution in [-0.2, 0) is 35.4 Å². The molecule has 15 nitrogen and oxygen atoms in total. The molecule has 0 bridgehead atoms. The molecule has 40 heavy (non-hydrogen) atoms. The summed E-state index contributed by atoms with van der Waals surface area (Å²) in [7, 11) is 0. The minimum Gasteiger partial charge on any atom is -0.477 e. The predicted octanol–water partition coefficient (Wildman–Crippen LogP) is 1.02. The van der Waals surface area contributed by atoms with Crippen molar-refractivity contribution in [1.82, 2.24) is 15.2 Å². The van der Waals surface area contributed by atoms with Gasteiger partial charge in [-0.2, -0.15) is 0 Å². The first kappa shape index (κ1) is 28.2. The smallest absolute Gasteiger partial charge is 0.352 e. The Balaban J connectivity index is 1.39. The van der Waals surface area contributed by atoms with Crippen LogP contribution in [0.5, 0.6) is 0 Å². The van der Waals surface area contributed by atoms with Gasteiger partial charge in [-0.25, -0.2) is 14.6 Å². The van der Waals surface area contributed by atoms with Crippen molar-refractivity contribution in [3.05, 3.63) is 74.9 Å². The van der Waals surface area contributed by atoms with Crippen LogP contribution in [0.1, 0.15) is 11.3 Å². The van der Waals surface area contributed by atoms with Crippen molar-refractivity contribution in [3.63, 3.8) is 0 Å². The molecule has 1 aromatic carbocycles. The van der Waals surface area contributed by atoms with Crippen LogP contribution in [0.4, 0.5) is 10.8 Å². The van der Waals surface area contributed by atoms with E-state index in [-0.39, 0.29) is 40.3 Å². The quantitative estimate of drug-likeness (QED) is 0.110. The molecule has 2 atom stereocenters. The monoisotopic (exact) mass is 588 g/mol. The van der Waals surface area contributed by atoms with Crippen LogP contribution in [0.2, 0.25) is 0 Å². The van der Waals surface area contributed by atoms with Crippen molar-refractivity contribution in [1.29, 1.82) is 0 Å². The summed E-state index contributed by atoms with van der Waals surface area (Å²) >= 11 is 2.28. The number of amides is 2. The standard InChI is InChI=1S/C23H20N6O9S2/c1-2-12-9-39-21-17(20(32)28(21)18(12)22(33)34)26-19(31)16(14-10-40-23(24)25-14)27-38-8-15(30)37-7-11-3-5-13(6-4-11)29(35)36/h2-6,10,17,21H,1,7-9H2,(H2,24,25)(H,26,31)(H,33,34)/b27-16+/t17?,21-/m1/s1. The number of oxime groups is 1. The van der Waals surface area contributed by atoms with E-state index in [1.54, 1.807) is 0 Å². The minimum atomic E-state index is -1.28. The van der Waals surface area contributed by atoms with Gasteiger partial charge in [0.15, 0.2) is 10.8 Å². The van der Waals surface area contributed by atoms with Crippen molar-refractivity contribution in [2.75, 3.05) is 18.1 Å². The lowest BCUT2D eigenvalue weighted by atomic mass is 10.0. The number of hydrogen-bond acceptors (Lipinski definition) is 13. The fourth-order valence-electron chi connectivity index (χ4n) is 3.68. The Morgan fingerprint density at radius 3 is 2.67 bits per heavy atom. The molecule has 0 radical (unpaired) electrons. The lowest BCUT2D eigenvalue weighted by molar-refractivity contribution is -0.384. The number of allylic oxidation sites excluding steroid dienone is 1. The number of nitrogens with one attached hydrogen (secondary N) is 1. The van der Waals surface area contributed by atoms with Gasteiger partial charge in [0, 0.05) is 23.3 Å². The maximum atomic E-state index is 13.1. The van der Waals surface area contributed by atoms with Crippen molar-refractivity contribution in [2.24, 2.45) is 5.16 Å². The summed E-state index contributed by atoms with van der Waals surface area (Å²) in [4.78, 5) is 69.9. The molecular formula is C23H20N6O9S2. The molecule has 4 N–H and O–H groups in total. The molecule has 2 aliphatic heterocycles. The molecule has 3 heterocycles. The first-order chi connectivity index (χ1) is 19.1. The molecule has 2 aromatic rings. The van der Waals surface area contributed by atoms with Gasteiger partial charge in [-0.05, 0) is 23.3 Å². The zero-order valence-electron chi connectivity index (χ0n) is 20.3. The Kier molecular flexibility index (Phi) is 8.44. The van der Waals surface area contributed by atoms with Gasteiger partial charge in [-0.3, -0.25) is 24.6 Å². The van der Waals surface area contributed by atoms with E-state index in [4.69, 9.17) is 15.3 Å². The third-order valence-corrected chi connectivity index (χ3v) is 7.57. The number of non-ortho nitro benzene ring substituents is 1. The minimum absolute atomic E-state index is 0.0271. The molecular weight excluding hydrogens is 568 g/mol. The second kappa shape index (κ2) is 12.0. The van der Waals surface area contributed by atoms with Crippen molar-refractivity contribution >= 4 is 63.4 Å². The summed E-state index contributed by atoms with van der Waals surface area (Å²) < 4.78 is 5.04. The van der Waals surface area contributed by atoms with Gasteiger partial charge < -0.3 is 25.7 Å². The Labute approximate surface area is 233 Å². The zero-order chi connectivity index (χ0) is 29.0. The number of rotatable bonds is 11. The van der Waals surface area contributed by atoms with Gasteiger partial charge in [0.25, 0.3) is 17.5 Å². The van der Waals surface area contributed by atoms with E-state index in [2.05, 4.69) is 22.0 Å². The van der Waals surface area contributed by atoms with Crippen LogP contribution >= 0.6 is 23.1 Å². The number of thioether (sulfide) groups is 1. The normalized spacial score (nSPS) is 18.4. The van der Waals surface area contributed by atoms with Crippen molar-refractivity contribution in [3.8, 4) is 0 Å². The SMILES string of the molecule is C=CC1=C(C(=O)O)N2C(=O)C(NC(=O)/C(=N/OCC(=O)OCc3ccc([N+](=O)[O-])cc3)c3csc(N)n3)[C@H]2SC1. The number of anilines is 1. The Hall–Kier alpha value is -4.77. The molecule has 1 unspecified atom stereocenters. The summed E-state index contributed by atoms with van der Waals surface area (Å²) in [5.74, 6) is -3.34. The van der Waals surface area contributed by atoms with E-state index in [1.165, 1.54) is 47.5 Å². The number of aromatic nitrogens is 1. The number of benzene rings is 1. The van der Waals surface area contributed by atoms with Crippen LogP contribution < -0.4 is 11.1 Å². The number of β-lactam (4-membered cyclic amide) rings is 1. The fourth-order valence-corrected chi connectivity index (χ4v) is 5.57. The van der Waals surface area contributed by atoms with Crippen LogP contribution in [0.3, 0.4) is 0 Å². The number of carboxylic acid groups (broad SMARTS) is 1. The number of fused-ring (bicyclic) bond motifs is 1. The predicted molar refractivity (Wildman–Crippen MR) is 142 cm³/mol. The largest absolute Gasteiger partial charge is 0.477 e. The number of aliphatic carboxylic acids is 1. The molecule has 0 spiro atoms. The number of hydrogen-bond donors (Lipinski definition) is 3. The maximum Gasteiger partial charge on any atom is 0.352 e. The average Bonchev–Trinajstić information content (AvgIpc) is 3.37. The van der Waals surface area contributed by atoms with E-state index in [0.717, 1.165) is 16.2 Å². The zero-order valence-corrected chi connectivity index (χ0v) is 22.0. The molecule has 4 rings (SSSR count). The van der Waals surface area contributed by atoms with Gasteiger partial charge in [-0.1, -0.05) is 17.8 Å². The summed E-state index contributed by atoms with van der Waals surface area (Å²) in [6.45, 7) is 2.72. The molecule has 1 fully saturated rings. The van der Waals surface area contributed by atoms with E-state index in [1.807, 2.05) is 0 Å². The number of esters is 1. The Morgan fingerprint density at radius 1 is 1.35 bits per heavy atom. The van der Waals surface area contributed by atoms with E-state index in [9.17, 15) is 34.4 Å². The van der Waals surface area contributed by atoms with Crippen LogP contribution in [0.15, 0.2) is 58.7 Å². The van der Waals surface area contributed by atoms with Gasteiger partial charge in [0.1, 0.15) is 29.4 Å². The number of nitro benzene ring substituents is 1. The number of nitrogens with two attached hydrogens (primary N) is 1. The highest BCUT2D eigenvalue weighted by Crippen LogP contribution is 2.40. The highest BCUT2D eigenvalue weighted by atomic mass is 32.2.